The molecule has 2 aromatic carbocycles. The van der Waals surface area contributed by atoms with Crippen molar-refractivity contribution in [1.29, 1.82) is 0 Å². The minimum absolute atomic E-state index is 0.417. The molecule has 2 aromatic heterocycles. The van der Waals surface area contributed by atoms with Crippen LogP contribution in [0, 0.1) is 5.92 Å². The highest BCUT2D eigenvalue weighted by Gasteiger charge is 2.28. The minimum Gasteiger partial charge on any atom is -0.337 e. The maximum atomic E-state index is 12.0. The van der Waals surface area contributed by atoms with Gasteiger partial charge in [-0.05, 0) is 65.0 Å². The summed E-state index contributed by atoms with van der Waals surface area (Å²) < 4.78 is 25.9. The lowest BCUT2D eigenvalue weighted by Gasteiger charge is -2.23. The molecule has 0 saturated heterocycles. The van der Waals surface area contributed by atoms with Crippen LogP contribution in [0.3, 0.4) is 0 Å². The van der Waals surface area contributed by atoms with Gasteiger partial charge in [0.2, 0.25) is 5.95 Å². The van der Waals surface area contributed by atoms with E-state index in [9.17, 15) is 8.76 Å². The molecule has 1 saturated carbocycles. The van der Waals surface area contributed by atoms with Crippen LogP contribution in [-0.2, 0) is 18.3 Å². The highest BCUT2D eigenvalue weighted by Crippen LogP contribution is 2.36. The van der Waals surface area contributed by atoms with Gasteiger partial charge in [-0.25, -0.2) is 9.19 Å². The third-order valence-electron chi connectivity index (χ3n) is 5.48. The molecule has 33 heavy (non-hydrogen) atoms. The fourth-order valence-corrected chi connectivity index (χ4v) is 4.53. The molecular formula is C22H22BrN7O2S. The van der Waals surface area contributed by atoms with Crippen LogP contribution in [0.15, 0.2) is 59.3 Å². The second-order valence-corrected chi connectivity index (χ2v) is 9.69. The summed E-state index contributed by atoms with van der Waals surface area (Å²) in [5.41, 5.74) is 3.16. The molecule has 1 aliphatic carbocycles. The number of rotatable bonds is 8. The standard InChI is InChI=1S/C22H22BrN7O2S/c1-29-20-10-16(9-8-15(20)11-25-29)26-22-24-12-17(23)21(28-22)27-18-4-2-3-5-19(18)30(33(31)32)13-14-6-7-14/h2-5,8-12,14H,6-7,13H2,1H3,(H,31,32)(H2,24,26,27,28). The smallest absolute Gasteiger partial charge is 0.261 e. The van der Waals surface area contributed by atoms with Gasteiger partial charge in [0.1, 0.15) is 5.82 Å². The van der Waals surface area contributed by atoms with E-state index in [1.165, 1.54) is 4.31 Å². The quantitative estimate of drug-likeness (QED) is 0.277. The van der Waals surface area contributed by atoms with Gasteiger partial charge >= 0.3 is 0 Å². The van der Waals surface area contributed by atoms with Crippen LogP contribution in [-0.4, -0.2) is 35.1 Å². The normalized spacial score (nSPS) is 14.3. The van der Waals surface area contributed by atoms with Gasteiger partial charge in [-0.1, -0.05) is 12.1 Å². The summed E-state index contributed by atoms with van der Waals surface area (Å²) in [7, 11) is 1.90. The van der Waals surface area contributed by atoms with Crippen LogP contribution >= 0.6 is 15.9 Å². The first-order chi connectivity index (χ1) is 16.0. The molecule has 0 amide bonds. The van der Waals surface area contributed by atoms with Gasteiger partial charge in [-0.3, -0.25) is 13.5 Å². The Morgan fingerprint density at radius 3 is 2.82 bits per heavy atom. The van der Waals surface area contributed by atoms with Crippen LogP contribution in [0.4, 0.5) is 28.8 Å². The van der Waals surface area contributed by atoms with Gasteiger partial charge in [-0.2, -0.15) is 10.1 Å². The molecular weight excluding hydrogens is 506 g/mol. The Bertz CT molecular complexity index is 1340. The Hall–Kier alpha value is -3.02. The number of aromatic nitrogens is 4. The van der Waals surface area contributed by atoms with Crippen molar-refractivity contribution in [1.82, 2.24) is 19.7 Å². The van der Waals surface area contributed by atoms with E-state index in [0.717, 1.165) is 29.4 Å². The maximum absolute atomic E-state index is 12.0. The molecule has 170 valence electrons. The van der Waals surface area contributed by atoms with Crippen LogP contribution < -0.4 is 14.9 Å². The second kappa shape index (κ2) is 9.08. The van der Waals surface area contributed by atoms with E-state index in [2.05, 4.69) is 41.6 Å². The molecule has 0 radical (unpaired) electrons. The van der Waals surface area contributed by atoms with Crippen molar-refractivity contribution in [2.24, 2.45) is 13.0 Å². The molecule has 1 aliphatic rings. The molecule has 2 heterocycles. The number of hydrogen-bond donors (Lipinski definition) is 3. The number of fused-ring (bicyclic) bond motifs is 1. The highest BCUT2D eigenvalue weighted by molar-refractivity contribution is 9.10. The van der Waals surface area contributed by atoms with E-state index in [1.807, 2.05) is 60.4 Å². The predicted molar refractivity (Wildman–Crippen MR) is 134 cm³/mol. The summed E-state index contributed by atoms with van der Waals surface area (Å²) in [5, 5.41) is 11.8. The Kier molecular flexibility index (Phi) is 6.00. The molecule has 0 spiro atoms. The van der Waals surface area contributed by atoms with E-state index in [-0.39, 0.29) is 0 Å². The number of aryl methyl sites for hydroxylation is 1. The fourth-order valence-electron chi connectivity index (χ4n) is 3.57. The number of hydrogen-bond acceptors (Lipinski definition) is 6. The van der Waals surface area contributed by atoms with Gasteiger partial charge in [0.15, 0.2) is 0 Å². The average Bonchev–Trinajstić information content (AvgIpc) is 3.56. The SMILES string of the molecule is Cn1ncc2ccc(Nc3ncc(Br)c(Nc4ccccc4N(CC4CC4)S(=O)O)n3)cc21. The van der Waals surface area contributed by atoms with Gasteiger partial charge < -0.3 is 10.6 Å². The molecule has 11 heteroatoms. The van der Waals surface area contributed by atoms with Gasteiger partial charge in [-0.15, -0.1) is 0 Å². The Balaban J connectivity index is 1.42. The highest BCUT2D eigenvalue weighted by atomic mass is 79.9. The number of anilines is 5. The largest absolute Gasteiger partial charge is 0.337 e. The van der Waals surface area contributed by atoms with Crippen molar-refractivity contribution in [2.75, 3.05) is 21.5 Å². The zero-order chi connectivity index (χ0) is 22.9. The third kappa shape index (κ3) is 4.85. The number of nitrogens with zero attached hydrogens (tertiary/aromatic N) is 5. The number of halogens is 1. The summed E-state index contributed by atoms with van der Waals surface area (Å²) in [6.07, 6.45) is 5.65. The van der Waals surface area contributed by atoms with Crippen molar-refractivity contribution >= 4 is 66.9 Å². The van der Waals surface area contributed by atoms with Crippen LogP contribution in [0.5, 0.6) is 0 Å². The van der Waals surface area contributed by atoms with Crippen LogP contribution in [0.2, 0.25) is 0 Å². The Morgan fingerprint density at radius 1 is 1.21 bits per heavy atom. The van der Waals surface area contributed by atoms with Crippen LogP contribution in [0.25, 0.3) is 10.9 Å². The summed E-state index contributed by atoms with van der Waals surface area (Å²) in [4.78, 5) is 8.98. The Labute approximate surface area is 201 Å². The first-order valence-corrected chi connectivity index (χ1v) is 12.3. The molecule has 1 atom stereocenters. The summed E-state index contributed by atoms with van der Waals surface area (Å²) in [6, 6.07) is 13.3. The van der Waals surface area contributed by atoms with Crippen molar-refractivity contribution in [2.45, 2.75) is 12.8 Å². The van der Waals surface area contributed by atoms with E-state index in [1.54, 1.807) is 6.20 Å². The summed E-state index contributed by atoms with van der Waals surface area (Å²) in [5.74, 6) is 1.41. The van der Waals surface area contributed by atoms with Gasteiger partial charge in [0, 0.05) is 30.9 Å². The van der Waals surface area contributed by atoms with E-state index in [4.69, 9.17) is 0 Å². The molecule has 5 rings (SSSR count). The zero-order valence-electron chi connectivity index (χ0n) is 17.8. The first kappa shape index (κ1) is 21.8. The van der Waals surface area contributed by atoms with E-state index < -0.39 is 11.3 Å². The monoisotopic (exact) mass is 527 g/mol. The maximum Gasteiger partial charge on any atom is 0.261 e. The van der Waals surface area contributed by atoms with Gasteiger partial charge in [0.05, 0.1) is 27.6 Å². The van der Waals surface area contributed by atoms with E-state index in [0.29, 0.717) is 40.1 Å². The van der Waals surface area contributed by atoms with Crippen molar-refractivity contribution in [3.8, 4) is 0 Å². The zero-order valence-corrected chi connectivity index (χ0v) is 20.2. The number of para-hydroxylation sites is 2. The first-order valence-electron chi connectivity index (χ1n) is 10.4. The van der Waals surface area contributed by atoms with Crippen LogP contribution in [0.1, 0.15) is 12.8 Å². The summed E-state index contributed by atoms with van der Waals surface area (Å²) in [6.45, 7) is 0.538. The van der Waals surface area contributed by atoms with Gasteiger partial charge in [0.25, 0.3) is 11.3 Å². The number of nitrogens with one attached hydrogen (secondary N) is 2. The molecule has 1 fully saturated rings. The molecule has 1 unspecified atom stereocenters. The summed E-state index contributed by atoms with van der Waals surface area (Å²) >= 11 is 1.38. The predicted octanol–water partition coefficient (Wildman–Crippen LogP) is 4.97. The lowest BCUT2D eigenvalue weighted by molar-refractivity contribution is 0.556. The Morgan fingerprint density at radius 2 is 2.03 bits per heavy atom. The van der Waals surface area contributed by atoms with Crippen molar-refractivity contribution in [3.63, 3.8) is 0 Å². The lowest BCUT2D eigenvalue weighted by atomic mass is 10.2. The molecule has 3 N–H and O–H groups in total. The topological polar surface area (TPSA) is 108 Å². The number of benzene rings is 2. The molecule has 4 aromatic rings. The molecule has 9 nitrogen and oxygen atoms in total. The second-order valence-electron chi connectivity index (χ2n) is 7.93. The third-order valence-corrected chi connectivity index (χ3v) is 6.79. The fraction of sp³-hybridized carbons (Fsp3) is 0.227. The average molecular weight is 528 g/mol. The lowest BCUT2D eigenvalue weighted by Crippen LogP contribution is -2.28. The van der Waals surface area contributed by atoms with Crippen molar-refractivity contribution in [3.05, 3.63) is 59.3 Å². The molecule has 0 aliphatic heterocycles. The van der Waals surface area contributed by atoms with E-state index >= 15 is 0 Å². The minimum atomic E-state index is -2.12. The molecule has 0 bridgehead atoms. The van der Waals surface area contributed by atoms with Crippen molar-refractivity contribution < 1.29 is 8.76 Å².